The quantitative estimate of drug-likeness (QED) is 0.849. The molecule has 0 bridgehead atoms. The SMILES string of the molecule is CCc1ccc(NC(=S)N(CC)Cc2ccncc2)cc1. The summed E-state index contributed by atoms with van der Waals surface area (Å²) in [6, 6.07) is 12.4. The molecule has 110 valence electrons. The lowest BCUT2D eigenvalue weighted by molar-refractivity contribution is 0.442. The molecule has 1 aromatic carbocycles. The number of benzene rings is 1. The van der Waals surface area contributed by atoms with Crippen molar-refractivity contribution in [3.63, 3.8) is 0 Å². The fourth-order valence-corrected chi connectivity index (χ4v) is 2.37. The van der Waals surface area contributed by atoms with E-state index in [1.165, 1.54) is 11.1 Å². The van der Waals surface area contributed by atoms with Crippen molar-refractivity contribution in [2.75, 3.05) is 11.9 Å². The zero-order chi connectivity index (χ0) is 15.1. The number of nitrogens with zero attached hydrogens (tertiary/aromatic N) is 2. The Bertz CT molecular complexity index is 566. The normalized spacial score (nSPS) is 10.2. The molecule has 3 nitrogen and oxygen atoms in total. The van der Waals surface area contributed by atoms with E-state index in [1.807, 2.05) is 24.5 Å². The van der Waals surface area contributed by atoms with E-state index < -0.39 is 0 Å². The molecule has 0 fully saturated rings. The average Bonchev–Trinajstić information content (AvgIpc) is 2.54. The Morgan fingerprint density at radius 2 is 1.71 bits per heavy atom. The Morgan fingerprint density at radius 3 is 2.29 bits per heavy atom. The molecule has 1 aromatic heterocycles. The number of hydrogen-bond donors (Lipinski definition) is 1. The molecule has 0 unspecified atom stereocenters. The maximum absolute atomic E-state index is 5.52. The van der Waals surface area contributed by atoms with Gasteiger partial charge in [-0.15, -0.1) is 0 Å². The fraction of sp³-hybridized carbons (Fsp3) is 0.294. The average molecular weight is 299 g/mol. The zero-order valence-corrected chi connectivity index (χ0v) is 13.4. The van der Waals surface area contributed by atoms with Crippen LogP contribution in [0.4, 0.5) is 5.69 Å². The van der Waals surface area contributed by atoms with Gasteiger partial charge in [0, 0.05) is 31.2 Å². The summed E-state index contributed by atoms with van der Waals surface area (Å²) in [4.78, 5) is 6.18. The Hall–Kier alpha value is -1.94. The molecular weight excluding hydrogens is 278 g/mol. The van der Waals surface area contributed by atoms with Crippen molar-refractivity contribution in [1.82, 2.24) is 9.88 Å². The van der Waals surface area contributed by atoms with E-state index in [1.54, 1.807) is 0 Å². The van der Waals surface area contributed by atoms with Crippen LogP contribution in [0.25, 0.3) is 0 Å². The van der Waals surface area contributed by atoms with Crippen molar-refractivity contribution in [2.45, 2.75) is 26.8 Å². The van der Waals surface area contributed by atoms with Gasteiger partial charge in [0.15, 0.2) is 5.11 Å². The highest BCUT2D eigenvalue weighted by molar-refractivity contribution is 7.80. The molecule has 1 N–H and O–H groups in total. The van der Waals surface area contributed by atoms with E-state index in [4.69, 9.17) is 12.2 Å². The highest BCUT2D eigenvalue weighted by atomic mass is 32.1. The first-order chi connectivity index (χ1) is 10.2. The van der Waals surface area contributed by atoms with Gasteiger partial charge in [-0.05, 0) is 61.0 Å². The lowest BCUT2D eigenvalue weighted by Gasteiger charge is -2.24. The molecule has 0 atom stereocenters. The summed E-state index contributed by atoms with van der Waals surface area (Å²) in [5.74, 6) is 0. The van der Waals surface area contributed by atoms with Crippen molar-refractivity contribution in [3.8, 4) is 0 Å². The smallest absolute Gasteiger partial charge is 0.173 e. The number of nitrogens with one attached hydrogen (secondary N) is 1. The second kappa shape index (κ2) is 7.74. The Balaban J connectivity index is 1.99. The molecular formula is C17H21N3S. The minimum absolute atomic E-state index is 0.749. The highest BCUT2D eigenvalue weighted by Gasteiger charge is 2.08. The third-order valence-electron chi connectivity index (χ3n) is 3.41. The van der Waals surface area contributed by atoms with Gasteiger partial charge in [0.05, 0.1) is 0 Å². The van der Waals surface area contributed by atoms with Gasteiger partial charge in [-0.1, -0.05) is 19.1 Å². The number of thiocarbonyl (C=S) groups is 1. The fourth-order valence-electron chi connectivity index (χ4n) is 2.06. The van der Waals surface area contributed by atoms with Crippen LogP contribution in [0.2, 0.25) is 0 Å². The molecule has 21 heavy (non-hydrogen) atoms. The zero-order valence-electron chi connectivity index (χ0n) is 12.5. The van der Waals surface area contributed by atoms with E-state index in [9.17, 15) is 0 Å². The summed E-state index contributed by atoms with van der Waals surface area (Å²) >= 11 is 5.52. The molecule has 0 saturated heterocycles. The lowest BCUT2D eigenvalue weighted by Crippen LogP contribution is -2.34. The van der Waals surface area contributed by atoms with Gasteiger partial charge >= 0.3 is 0 Å². The molecule has 0 aliphatic heterocycles. The van der Waals surface area contributed by atoms with Crippen molar-refractivity contribution in [2.24, 2.45) is 0 Å². The molecule has 0 aliphatic rings. The Labute approximate surface area is 132 Å². The predicted molar refractivity (Wildman–Crippen MR) is 92.4 cm³/mol. The van der Waals surface area contributed by atoms with Crippen LogP contribution >= 0.6 is 12.2 Å². The maximum Gasteiger partial charge on any atom is 0.173 e. The van der Waals surface area contributed by atoms with E-state index in [2.05, 4.69) is 53.3 Å². The molecule has 0 amide bonds. The van der Waals surface area contributed by atoms with Gasteiger partial charge in [0.2, 0.25) is 0 Å². The molecule has 1 heterocycles. The maximum atomic E-state index is 5.52. The van der Waals surface area contributed by atoms with Crippen LogP contribution in [0.15, 0.2) is 48.8 Å². The van der Waals surface area contributed by atoms with Crippen LogP contribution in [0.5, 0.6) is 0 Å². The van der Waals surface area contributed by atoms with Crippen LogP contribution in [0.1, 0.15) is 25.0 Å². The predicted octanol–water partition coefficient (Wildman–Crippen LogP) is 3.86. The Morgan fingerprint density at radius 1 is 1.05 bits per heavy atom. The van der Waals surface area contributed by atoms with Crippen molar-refractivity contribution in [1.29, 1.82) is 0 Å². The largest absolute Gasteiger partial charge is 0.345 e. The first-order valence-electron chi connectivity index (χ1n) is 7.26. The monoisotopic (exact) mass is 299 g/mol. The van der Waals surface area contributed by atoms with E-state index in [0.29, 0.717) is 0 Å². The van der Waals surface area contributed by atoms with Crippen molar-refractivity contribution < 1.29 is 0 Å². The Kier molecular flexibility index (Phi) is 5.69. The number of pyridine rings is 1. The summed E-state index contributed by atoms with van der Waals surface area (Å²) in [5.41, 5.74) is 3.57. The first-order valence-corrected chi connectivity index (χ1v) is 7.67. The summed E-state index contributed by atoms with van der Waals surface area (Å²) < 4.78 is 0. The second-order valence-electron chi connectivity index (χ2n) is 4.85. The minimum Gasteiger partial charge on any atom is -0.345 e. The van der Waals surface area contributed by atoms with Crippen LogP contribution in [0, 0.1) is 0 Å². The number of anilines is 1. The molecule has 0 spiro atoms. The van der Waals surface area contributed by atoms with Crippen molar-refractivity contribution in [3.05, 3.63) is 59.9 Å². The van der Waals surface area contributed by atoms with Crippen molar-refractivity contribution >= 4 is 23.0 Å². The van der Waals surface area contributed by atoms with E-state index in [0.717, 1.165) is 30.3 Å². The van der Waals surface area contributed by atoms with Crippen LogP contribution < -0.4 is 5.32 Å². The highest BCUT2D eigenvalue weighted by Crippen LogP contribution is 2.12. The summed E-state index contributed by atoms with van der Waals surface area (Å²) in [6.45, 7) is 5.91. The van der Waals surface area contributed by atoms with Gasteiger partial charge in [-0.25, -0.2) is 0 Å². The summed E-state index contributed by atoms with van der Waals surface area (Å²) in [5, 5.41) is 4.05. The van der Waals surface area contributed by atoms with Gasteiger partial charge in [-0.3, -0.25) is 4.98 Å². The number of rotatable bonds is 5. The summed E-state index contributed by atoms with van der Waals surface area (Å²) in [6.07, 6.45) is 4.67. The number of aryl methyl sites for hydroxylation is 1. The van der Waals surface area contributed by atoms with Gasteiger partial charge in [0.1, 0.15) is 0 Å². The second-order valence-corrected chi connectivity index (χ2v) is 5.24. The van der Waals surface area contributed by atoms with Gasteiger partial charge in [-0.2, -0.15) is 0 Å². The minimum atomic E-state index is 0.749. The first kappa shape index (κ1) is 15.4. The van der Waals surface area contributed by atoms with Gasteiger partial charge < -0.3 is 10.2 Å². The molecule has 2 rings (SSSR count). The molecule has 4 heteroatoms. The number of aromatic nitrogens is 1. The number of hydrogen-bond acceptors (Lipinski definition) is 2. The van der Waals surface area contributed by atoms with E-state index >= 15 is 0 Å². The van der Waals surface area contributed by atoms with Gasteiger partial charge in [0.25, 0.3) is 0 Å². The summed E-state index contributed by atoms with van der Waals surface area (Å²) in [7, 11) is 0. The topological polar surface area (TPSA) is 28.2 Å². The molecule has 0 radical (unpaired) electrons. The van der Waals surface area contributed by atoms with Crippen LogP contribution in [-0.4, -0.2) is 21.5 Å². The molecule has 0 aliphatic carbocycles. The molecule has 0 saturated carbocycles. The lowest BCUT2D eigenvalue weighted by atomic mass is 10.1. The van der Waals surface area contributed by atoms with Crippen LogP contribution in [-0.2, 0) is 13.0 Å². The standard InChI is InChI=1S/C17H21N3S/c1-3-14-5-7-16(8-6-14)19-17(21)20(4-2)13-15-9-11-18-12-10-15/h5-12H,3-4,13H2,1-2H3,(H,19,21). The van der Waals surface area contributed by atoms with E-state index in [-0.39, 0.29) is 0 Å². The third kappa shape index (κ3) is 4.53. The van der Waals surface area contributed by atoms with Crippen LogP contribution in [0.3, 0.4) is 0 Å². The molecule has 2 aromatic rings. The third-order valence-corrected chi connectivity index (χ3v) is 3.77.